The Hall–Kier alpha value is -5.32. The third-order valence-electron chi connectivity index (χ3n) is 6.01. The number of rotatable bonds is 17. The van der Waals surface area contributed by atoms with Gasteiger partial charge in [-0.25, -0.2) is 19.2 Å². The van der Waals surface area contributed by atoms with E-state index in [0.29, 0.717) is 24.7 Å². The number of carbonyl (C=O) groups is 4. The predicted octanol–water partition coefficient (Wildman–Crippen LogP) is 6.94. The summed E-state index contributed by atoms with van der Waals surface area (Å²) in [4.78, 5) is 50.1. The maximum Gasteiger partial charge on any atom is 0.513 e. The molecule has 0 saturated carbocycles. The van der Waals surface area contributed by atoms with Crippen LogP contribution in [0.4, 0.5) is 4.79 Å². The number of esters is 3. The summed E-state index contributed by atoms with van der Waals surface area (Å²) in [6.07, 6.45) is 3.67. The maximum atomic E-state index is 13.0. The van der Waals surface area contributed by atoms with Crippen molar-refractivity contribution in [1.29, 1.82) is 0 Å². The number of benzene rings is 3. The van der Waals surface area contributed by atoms with Crippen molar-refractivity contribution in [3.63, 3.8) is 0 Å². The zero-order chi connectivity index (χ0) is 32.4. The minimum atomic E-state index is -1.02. The van der Waals surface area contributed by atoms with Crippen LogP contribution in [0.2, 0.25) is 0 Å². The fourth-order valence-electron chi connectivity index (χ4n) is 3.63. The van der Waals surface area contributed by atoms with Crippen LogP contribution in [0.25, 0.3) is 0 Å². The van der Waals surface area contributed by atoms with Crippen LogP contribution in [0.15, 0.2) is 79.6 Å². The van der Waals surface area contributed by atoms with Crippen molar-refractivity contribution in [2.75, 3.05) is 26.4 Å². The second-order valence-corrected chi connectivity index (χ2v) is 9.41. The van der Waals surface area contributed by atoms with Gasteiger partial charge in [0.15, 0.2) is 0 Å². The Kier molecular flexibility index (Phi) is 13.9. The smallest absolute Gasteiger partial charge is 0.494 e. The molecule has 0 aliphatic carbocycles. The molecule has 0 aromatic heterocycles. The molecule has 0 atom stereocenters. The summed E-state index contributed by atoms with van der Waals surface area (Å²) < 4.78 is 36.6. The van der Waals surface area contributed by atoms with Crippen molar-refractivity contribution >= 4 is 24.1 Å². The zero-order valence-corrected chi connectivity index (χ0v) is 25.3. The van der Waals surface area contributed by atoms with Gasteiger partial charge < -0.3 is 33.2 Å². The van der Waals surface area contributed by atoms with Gasteiger partial charge in [0.1, 0.15) is 41.8 Å². The third kappa shape index (κ3) is 11.4. The molecule has 0 saturated heterocycles. The number of hydrogen-bond donors (Lipinski definition) is 0. The second-order valence-electron chi connectivity index (χ2n) is 9.41. The lowest BCUT2D eigenvalue weighted by Gasteiger charge is -2.13. The lowest BCUT2D eigenvalue weighted by Crippen LogP contribution is -2.16. The van der Waals surface area contributed by atoms with Gasteiger partial charge in [-0.15, -0.1) is 0 Å². The van der Waals surface area contributed by atoms with Gasteiger partial charge in [-0.05, 0) is 79.6 Å². The molecule has 0 heterocycles. The fraction of sp³-hybridized carbons (Fsp3) is 0.294. The Morgan fingerprint density at radius 3 is 1.67 bits per heavy atom. The predicted molar refractivity (Wildman–Crippen MR) is 163 cm³/mol. The lowest BCUT2D eigenvalue weighted by molar-refractivity contribution is 0.0313. The van der Waals surface area contributed by atoms with Crippen LogP contribution in [0.1, 0.15) is 70.6 Å². The van der Waals surface area contributed by atoms with Crippen LogP contribution in [0, 0.1) is 0 Å². The van der Waals surface area contributed by atoms with Crippen LogP contribution >= 0.6 is 0 Å². The van der Waals surface area contributed by atoms with Crippen LogP contribution in [-0.2, 0) is 14.2 Å². The van der Waals surface area contributed by atoms with Crippen LogP contribution in [0.3, 0.4) is 0 Å². The molecule has 3 aromatic rings. The Balaban J connectivity index is 1.74. The van der Waals surface area contributed by atoms with Crippen molar-refractivity contribution in [2.24, 2.45) is 0 Å². The van der Waals surface area contributed by atoms with Crippen molar-refractivity contribution in [3.05, 3.63) is 96.3 Å². The Bertz CT molecular complexity index is 1430. The van der Waals surface area contributed by atoms with E-state index in [2.05, 4.69) is 25.2 Å². The molecule has 11 heteroatoms. The van der Waals surface area contributed by atoms with Crippen LogP contribution in [-0.4, -0.2) is 50.5 Å². The van der Waals surface area contributed by atoms with Gasteiger partial charge in [0, 0.05) is 0 Å². The molecular weight excluding hydrogens is 584 g/mol. The molecule has 3 rings (SSSR count). The highest BCUT2D eigenvalue weighted by Crippen LogP contribution is 2.27. The summed E-state index contributed by atoms with van der Waals surface area (Å²) in [5, 5.41) is 0. The molecule has 0 aliphatic heterocycles. The standard InChI is InChI=1S/C34H36O11/c1-4-7-19-40-26-13-9-24(10-14-26)31(35)44-28-17-18-30(29(23-28)33(37)42-21-22-43-34(38)39-6-3)45-32(36)25-11-15-27(16-12-25)41-20-8-5-2/h6,9-18,23H,3-5,7-8,19-22H2,1-2H3. The molecule has 0 aliphatic rings. The highest BCUT2D eigenvalue weighted by molar-refractivity contribution is 5.97. The summed E-state index contributed by atoms with van der Waals surface area (Å²) in [5.74, 6) is -1.28. The van der Waals surface area contributed by atoms with Crippen molar-refractivity contribution in [2.45, 2.75) is 39.5 Å². The van der Waals surface area contributed by atoms with E-state index >= 15 is 0 Å². The first-order valence-electron chi connectivity index (χ1n) is 14.5. The molecule has 11 nitrogen and oxygen atoms in total. The Labute approximate surface area is 261 Å². The number of carbonyl (C=O) groups excluding carboxylic acids is 4. The average Bonchev–Trinajstić information content (AvgIpc) is 3.04. The highest BCUT2D eigenvalue weighted by Gasteiger charge is 2.21. The van der Waals surface area contributed by atoms with Gasteiger partial charge in [0.05, 0.1) is 30.6 Å². The molecular formula is C34H36O11. The Morgan fingerprint density at radius 1 is 0.622 bits per heavy atom. The van der Waals surface area contributed by atoms with Crippen molar-refractivity contribution < 1.29 is 52.3 Å². The summed E-state index contributed by atoms with van der Waals surface area (Å²) in [7, 11) is 0. The summed E-state index contributed by atoms with van der Waals surface area (Å²) in [5.41, 5.74) is 0.258. The second kappa shape index (κ2) is 18.4. The van der Waals surface area contributed by atoms with E-state index in [4.69, 9.17) is 28.4 Å². The van der Waals surface area contributed by atoms with Gasteiger partial charge in [-0.1, -0.05) is 33.3 Å². The minimum Gasteiger partial charge on any atom is -0.494 e. The van der Waals surface area contributed by atoms with Gasteiger partial charge in [-0.3, -0.25) is 0 Å². The first kappa shape index (κ1) is 34.2. The van der Waals surface area contributed by atoms with Crippen LogP contribution in [0.5, 0.6) is 23.0 Å². The van der Waals surface area contributed by atoms with Gasteiger partial charge in [0.25, 0.3) is 0 Å². The average molecular weight is 621 g/mol. The van der Waals surface area contributed by atoms with E-state index in [1.54, 1.807) is 36.4 Å². The molecule has 0 spiro atoms. The molecule has 238 valence electrons. The molecule has 0 radical (unpaired) electrons. The topological polar surface area (TPSA) is 133 Å². The van der Waals surface area contributed by atoms with E-state index < -0.39 is 24.1 Å². The maximum absolute atomic E-state index is 13.0. The van der Waals surface area contributed by atoms with Gasteiger partial charge in [-0.2, -0.15) is 0 Å². The van der Waals surface area contributed by atoms with E-state index in [1.165, 1.54) is 30.3 Å². The molecule has 0 fully saturated rings. The molecule has 0 unspecified atom stereocenters. The highest BCUT2D eigenvalue weighted by atomic mass is 16.7. The largest absolute Gasteiger partial charge is 0.513 e. The van der Waals surface area contributed by atoms with Crippen molar-refractivity contribution in [3.8, 4) is 23.0 Å². The summed E-state index contributed by atoms with van der Waals surface area (Å²) in [6, 6.07) is 16.7. The molecule has 0 N–H and O–H groups in total. The van der Waals surface area contributed by atoms with E-state index in [1.807, 2.05) is 0 Å². The summed E-state index contributed by atoms with van der Waals surface area (Å²) in [6.45, 7) is 7.83. The quantitative estimate of drug-likeness (QED) is 0.0673. The van der Waals surface area contributed by atoms with Gasteiger partial charge in [0.2, 0.25) is 0 Å². The SMILES string of the molecule is C=COC(=O)OCCOC(=O)c1cc(OC(=O)c2ccc(OCCCC)cc2)ccc1OC(=O)c1ccc(OCCCC)cc1. The molecule has 0 amide bonds. The first-order chi connectivity index (χ1) is 21.8. The van der Waals surface area contributed by atoms with Gasteiger partial charge >= 0.3 is 24.1 Å². The fourth-order valence-corrected chi connectivity index (χ4v) is 3.63. The minimum absolute atomic E-state index is 0.00517. The monoisotopic (exact) mass is 620 g/mol. The zero-order valence-electron chi connectivity index (χ0n) is 25.3. The Morgan fingerprint density at radius 2 is 1.13 bits per heavy atom. The van der Waals surface area contributed by atoms with Crippen molar-refractivity contribution in [1.82, 2.24) is 0 Å². The number of ether oxygens (including phenoxy) is 7. The van der Waals surface area contributed by atoms with E-state index in [0.717, 1.165) is 31.9 Å². The number of hydrogen-bond acceptors (Lipinski definition) is 11. The van der Waals surface area contributed by atoms with E-state index in [-0.39, 0.29) is 41.4 Å². The normalized spacial score (nSPS) is 10.3. The first-order valence-corrected chi connectivity index (χ1v) is 14.5. The third-order valence-corrected chi connectivity index (χ3v) is 6.01. The number of unbranched alkanes of at least 4 members (excludes halogenated alkanes) is 2. The lowest BCUT2D eigenvalue weighted by atomic mass is 10.1. The van der Waals surface area contributed by atoms with Crippen LogP contribution < -0.4 is 18.9 Å². The molecule has 0 bridgehead atoms. The molecule has 45 heavy (non-hydrogen) atoms. The molecule has 3 aromatic carbocycles. The summed E-state index contributed by atoms with van der Waals surface area (Å²) >= 11 is 0. The van der Waals surface area contributed by atoms with E-state index in [9.17, 15) is 19.2 Å².